The maximum absolute atomic E-state index is 12.6. The molecule has 0 fully saturated rings. The third-order valence-corrected chi connectivity index (χ3v) is 4.20. The maximum atomic E-state index is 12.6. The van der Waals surface area contributed by atoms with Crippen molar-refractivity contribution < 1.29 is 18.7 Å². The van der Waals surface area contributed by atoms with Crippen molar-refractivity contribution >= 4 is 11.9 Å². The van der Waals surface area contributed by atoms with Crippen LogP contribution in [-0.4, -0.2) is 37.0 Å². The van der Waals surface area contributed by atoms with E-state index in [0.717, 1.165) is 19.3 Å². The molecule has 1 atom stereocenters. The van der Waals surface area contributed by atoms with Crippen LogP contribution in [0.1, 0.15) is 49.6 Å². The summed E-state index contributed by atoms with van der Waals surface area (Å²) in [5.74, 6) is -0.541. The second-order valence-electron chi connectivity index (χ2n) is 6.01. The van der Waals surface area contributed by atoms with Crippen LogP contribution in [0.2, 0.25) is 0 Å². The number of carbonyl (C=O) groups is 2. The molecule has 1 aromatic heterocycles. The number of hydrogen-bond donors (Lipinski definition) is 0. The monoisotopic (exact) mass is 319 g/mol. The van der Waals surface area contributed by atoms with Gasteiger partial charge in [-0.25, -0.2) is 0 Å². The van der Waals surface area contributed by atoms with Crippen molar-refractivity contribution in [1.82, 2.24) is 4.90 Å². The molecule has 1 aromatic rings. The number of hydrogen-bond acceptors (Lipinski definition) is 4. The standard InChI is InChI=1S/C18H25NO4/c1-14(18(21)22-2)13-19(17(20)16-9-6-12-23-16)11-10-15-7-4-3-5-8-15/h6-7,9,12,14H,3-5,8,10-11,13H2,1-2H3. The predicted molar refractivity (Wildman–Crippen MR) is 87.0 cm³/mol. The molecule has 126 valence electrons. The van der Waals surface area contributed by atoms with Gasteiger partial charge in [0.05, 0.1) is 19.3 Å². The summed E-state index contributed by atoms with van der Waals surface area (Å²) in [6.07, 6.45) is 9.31. The summed E-state index contributed by atoms with van der Waals surface area (Å²) in [5, 5.41) is 0. The van der Waals surface area contributed by atoms with E-state index in [-0.39, 0.29) is 17.8 Å². The van der Waals surface area contributed by atoms with Gasteiger partial charge < -0.3 is 14.1 Å². The molecule has 0 N–H and O–H groups in total. The van der Waals surface area contributed by atoms with Gasteiger partial charge in [-0.3, -0.25) is 9.59 Å². The molecule has 0 aromatic carbocycles. The van der Waals surface area contributed by atoms with Gasteiger partial charge in [0.1, 0.15) is 0 Å². The zero-order valence-electron chi connectivity index (χ0n) is 13.9. The van der Waals surface area contributed by atoms with E-state index in [4.69, 9.17) is 9.15 Å². The van der Waals surface area contributed by atoms with Gasteiger partial charge in [-0.05, 0) is 44.2 Å². The van der Waals surface area contributed by atoms with Crippen molar-refractivity contribution in [3.63, 3.8) is 0 Å². The third kappa shape index (κ3) is 4.98. The Labute approximate surface area is 137 Å². The molecule has 0 radical (unpaired) electrons. The van der Waals surface area contributed by atoms with Gasteiger partial charge in [0.25, 0.3) is 5.91 Å². The molecule has 1 aliphatic rings. The van der Waals surface area contributed by atoms with Crippen molar-refractivity contribution in [2.75, 3.05) is 20.2 Å². The molecule has 0 spiro atoms. The molecule has 23 heavy (non-hydrogen) atoms. The number of rotatable bonds is 7. The minimum absolute atomic E-state index is 0.179. The molecular weight excluding hydrogens is 294 g/mol. The van der Waals surface area contributed by atoms with E-state index in [1.807, 2.05) is 0 Å². The van der Waals surface area contributed by atoms with Crippen LogP contribution in [0.4, 0.5) is 0 Å². The van der Waals surface area contributed by atoms with E-state index in [0.29, 0.717) is 18.8 Å². The number of amides is 1. The Hall–Kier alpha value is -2.04. The van der Waals surface area contributed by atoms with Crippen LogP contribution < -0.4 is 0 Å². The predicted octanol–water partition coefficient (Wildman–Crippen LogP) is 3.42. The molecule has 0 bridgehead atoms. The molecule has 1 aliphatic carbocycles. The number of ether oxygens (including phenoxy) is 1. The average Bonchev–Trinajstić information content (AvgIpc) is 3.12. The fourth-order valence-electron chi connectivity index (χ4n) is 2.85. The molecule has 1 heterocycles. The topological polar surface area (TPSA) is 59.8 Å². The lowest BCUT2D eigenvalue weighted by Gasteiger charge is -2.25. The molecule has 0 aliphatic heterocycles. The summed E-state index contributed by atoms with van der Waals surface area (Å²) in [4.78, 5) is 25.9. The van der Waals surface area contributed by atoms with Crippen molar-refractivity contribution in [2.45, 2.75) is 39.0 Å². The number of esters is 1. The molecule has 5 heteroatoms. The van der Waals surface area contributed by atoms with E-state index in [1.165, 1.54) is 31.8 Å². The molecule has 1 unspecified atom stereocenters. The number of nitrogens with zero attached hydrogens (tertiary/aromatic N) is 1. The summed E-state index contributed by atoms with van der Waals surface area (Å²) in [6, 6.07) is 3.34. The Morgan fingerprint density at radius 1 is 1.39 bits per heavy atom. The summed E-state index contributed by atoms with van der Waals surface area (Å²) in [6.45, 7) is 2.69. The second kappa shape index (κ2) is 8.56. The largest absolute Gasteiger partial charge is 0.469 e. The van der Waals surface area contributed by atoms with Crippen molar-refractivity contribution in [3.05, 3.63) is 35.8 Å². The number of methoxy groups -OCH3 is 1. The summed E-state index contributed by atoms with van der Waals surface area (Å²) >= 11 is 0. The normalized spacial score (nSPS) is 15.7. The van der Waals surface area contributed by atoms with Crippen molar-refractivity contribution in [3.8, 4) is 0 Å². The second-order valence-corrected chi connectivity index (χ2v) is 6.01. The van der Waals surface area contributed by atoms with Crippen LogP contribution >= 0.6 is 0 Å². The fraction of sp³-hybridized carbons (Fsp3) is 0.556. The van der Waals surface area contributed by atoms with Crippen LogP contribution in [-0.2, 0) is 9.53 Å². The fourth-order valence-corrected chi connectivity index (χ4v) is 2.85. The van der Waals surface area contributed by atoms with E-state index in [9.17, 15) is 9.59 Å². The highest BCUT2D eigenvalue weighted by atomic mass is 16.5. The van der Waals surface area contributed by atoms with Crippen LogP contribution in [0.15, 0.2) is 34.5 Å². The number of carbonyl (C=O) groups excluding carboxylic acids is 2. The first-order chi connectivity index (χ1) is 11.1. The van der Waals surface area contributed by atoms with Crippen LogP contribution in [0.25, 0.3) is 0 Å². The molecule has 2 rings (SSSR count). The molecular formula is C18H25NO4. The zero-order chi connectivity index (χ0) is 16.7. The first kappa shape index (κ1) is 17.3. The van der Waals surface area contributed by atoms with E-state index >= 15 is 0 Å². The Morgan fingerprint density at radius 2 is 2.22 bits per heavy atom. The minimum atomic E-state index is -0.362. The van der Waals surface area contributed by atoms with Crippen LogP contribution in [0, 0.1) is 5.92 Å². The van der Waals surface area contributed by atoms with Crippen LogP contribution in [0.5, 0.6) is 0 Å². The smallest absolute Gasteiger partial charge is 0.310 e. The Balaban J connectivity index is 2.02. The van der Waals surface area contributed by atoms with Crippen LogP contribution in [0.3, 0.4) is 0 Å². The van der Waals surface area contributed by atoms with E-state index < -0.39 is 0 Å². The average molecular weight is 319 g/mol. The lowest BCUT2D eigenvalue weighted by atomic mass is 9.97. The van der Waals surface area contributed by atoms with Crippen molar-refractivity contribution in [1.29, 1.82) is 0 Å². The Kier molecular flexibility index (Phi) is 6.44. The van der Waals surface area contributed by atoms with E-state index in [2.05, 4.69) is 6.08 Å². The van der Waals surface area contributed by atoms with Gasteiger partial charge in [0, 0.05) is 13.1 Å². The maximum Gasteiger partial charge on any atom is 0.310 e. The highest BCUT2D eigenvalue weighted by Crippen LogP contribution is 2.21. The van der Waals surface area contributed by atoms with E-state index in [1.54, 1.807) is 24.0 Å². The first-order valence-electron chi connectivity index (χ1n) is 8.20. The highest BCUT2D eigenvalue weighted by molar-refractivity contribution is 5.91. The highest BCUT2D eigenvalue weighted by Gasteiger charge is 2.24. The lowest BCUT2D eigenvalue weighted by molar-refractivity contribution is -0.145. The van der Waals surface area contributed by atoms with Crippen molar-refractivity contribution in [2.24, 2.45) is 5.92 Å². The van der Waals surface area contributed by atoms with Gasteiger partial charge >= 0.3 is 5.97 Å². The van der Waals surface area contributed by atoms with Gasteiger partial charge in [-0.1, -0.05) is 18.6 Å². The third-order valence-electron chi connectivity index (χ3n) is 4.20. The molecule has 5 nitrogen and oxygen atoms in total. The number of furan rings is 1. The zero-order valence-corrected chi connectivity index (χ0v) is 13.9. The van der Waals surface area contributed by atoms with Gasteiger partial charge in [-0.2, -0.15) is 0 Å². The van der Waals surface area contributed by atoms with Gasteiger partial charge in [-0.15, -0.1) is 0 Å². The number of allylic oxidation sites excluding steroid dienone is 1. The SMILES string of the molecule is COC(=O)C(C)CN(CCC1=CCCCC1)C(=O)c1ccco1. The van der Waals surface area contributed by atoms with Gasteiger partial charge in [0.2, 0.25) is 0 Å². The summed E-state index contributed by atoms with van der Waals surface area (Å²) < 4.78 is 9.98. The Morgan fingerprint density at radius 3 is 2.83 bits per heavy atom. The molecule has 1 amide bonds. The van der Waals surface area contributed by atoms with Gasteiger partial charge in [0.15, 0.2) is 5.76 Å². The summed E-state index contributed by atoms with van der Waals surface area (Å²) in [5.41, 5.74) is 1.40. The summed E-state index contributed by atoms with van der Waals surface area (Å²) in [7, 11) is 1.37. The molecule has 0 saturated carbocycles. The minimum Gasteiger partial charge on any atom is -0.469 e. The quantitative estimate of drug-likeness (QED) is 0.571. The first-order valence-corrected chi connectivity index (χ1v) is 8.20. The molecule has 0 saturated heterocycles. The lowest BCUT2D eigenvalue weighted by Crippen LogP contribution is -2.38. The Bertz CT molecular complexity index is 547.